The van der Waals surface area contributed by atoms with Gasteiger partial charge in [-0.15, -0.1) is 0 Å². The fourth-order valence-corrected chi connectivity index (χ4v) is 4.34. The first-order valence-electron chi connectivity index (χ1n) is 11.7. The van der Waals surface area contributed by atoms with Crippen molar-refractivity contribution in [3.63, 3.8) is 0 Å². The summed E-state index contributed by atoms with van der Waals surface area (Å²) in [6, 6.07) is 19.6. The molecule has 0 radical (unpaired) electrons. The molecule has 1 amide bonds. The minimum absolute atomic E-state index is 0.0375. The molecule has 1 unspecified atom stereocenters. The molecule has 3 aromatic carbocycles. The lowest BCUT2D eigenvalue weighted by atomic mass is 9.92. The minimum atomic E-state index is -0.903. The molecule has 1 fully saturated rings. The van der Waals surface area contributed by atoms with Crippen molar-refractivity contribution in [2.45, 2.75) is 26.8 Å². The van der Waals surface area contributed by atoms with E-state index in [1.165, 1.54) is 11.0 Å². The van der Waals surface area contributed by atoms with Crippen LogP contribution in [0.15, 0.2) is 78.4 Å². The first kappa shape index (κ1) is 24.7. The lowest BCUT2D eigenvalue weighted by molar-refractivity contribution is -0.132. The average Bonchev–Trinajstić information content (AvgIpc) is 3.14. The van der Waals surface area contributed by atoms with E-state index in [9.17, 15) is 19.5 Å². The summed E-state index contributed by atoms with van der Waals surface area (Å²) in [4.78, 5) is 40.5. The number of carbonyl (C=O) groups excluding carboxylic acids is 3. The van der Waals surface area contributed by atoms with Crippen molar-refractivity contribution in [1.82, 2.24) is 0 Å². The Hall–Kier alpha value is -4.39. The number of anilines is 1. The van der Waals surface area contributed by atoms with E-state index in [4.69, 9.17) is 9.47 Å². The smallest absolute Gasteiger partial charge is 0.338 e. The third-order valence-corrected chi connectivity index (χ3v) is 5.98. The number of hydrogen-bond donors (Lipinski definition) is 1. The zero-order valence-corrected chi connectivity index (χ0v) is 20.4. The van der Waals surface area contributed by atoms with Gasteiger partial charge in [-0.2, -0.15) is 0 Å². The minimum Gasteiger partial charge on any atom is -0.507 e. The predicted molar refractivity (Wildman–Crippen MR) is 136 cm³/mol. The quantitative estimate of drug-likeness (QED) is 0.214. The molecule has 7 heteroatoms. The van der Waals surface area contributed by atoms with Crippen LogP contribution in [-0.2, 0) is 14.3 Å². The van der Waals surface area contributed by atoms with Gasteiger partial charge < -0.3 is 14.6 Å². The summed E-state index contributed by atoms with van der Waals surface area (Å²) in [5.74, 6) is -1.91. The van der Waals surface area contributed by atoms with Gasteiger partial charge in [0.15, 0.2) is 0 Å². The van der Waals surface area contributed by atoms with Crippen LogP contribution in [0.3, 0.4) is 0 Å². The number of Topliss-reactive ketones (excluding diaryl/α,β-unsaturated/α-hetero) is 1. The standard InChI is InChI=1S/C29H27NO6/c1-4-35-22-14-9-11-19(17-22)26(31)24-25(23-15-7-6-10-18(23)3)30(28(33)27(24)32)21-13-8-12-20(16-21)29(34)36-5-2/h6-17,25,31H,4-5H2,1-3H3/b26-24+. The molecule has 0 bridgehead atoms. The molecule has 36 heavy (non-hydrogen) atoms. The third kappa shape index (κ3) is 4.60. The topological polar surface area (TPSA) is 93.1 Å². The number of ketones is 1. The molecule has 1 saturated heterocycles. The van der Waals surface area contributed by atoms with E-state index in [0.29, 0.717) is 29.2 Å². The molecule has 1 aliphatic heterocycles. The summed E-state index contributed by atoms with van der Waals surface area (Å²) < 4.78 is 10.6. The Morgan fingerprint density at radius 1 is 0.917 bits per heavy atom. The molecule has 184 valence electrons. The first-order chi connectivity index (χ1) is 17.4. The van der Waals surface area contributed by atoms with Crippen LogP contribution in [0, 0.1) is 6.92 Å². The van der Waals surface area contributed by atoms with E-state index < -0.39 is 23.7 Å². The van der Waals surface area contributed by atoms with Crippen molar-refractivity contribution in [1.29, 1.82) is 0 Å². The van der Waals surface area contributed by atoms with Crippen LogP contribution < -0.4 is 9.64 Å². The number of benzene rings is 3. The van der Waals surface area contributed by atoms with Gasteiger partial charge in [0.1, 0.15) is 11.5 Å². The number of nitrogens with zero attached hydrogens (tertiary/aromatic N) is 1. The Labute approximate surface area is 209 Å². The molecule has 0 saturated carbocycles. The second-order valence-electron chi connectivity index (χ2n) is 8.26. The van der Waals surface area contributed by atoms with Gasteiger partial charge in [0.05, 0.1) is 30.4 Å². The number of ether oxygens (including phenoxy) is 2. The fourth-order valence-electron chi connectivity index (χ4n) is 4.34. The SMILES string of the molecule is CCOC(=O)c1cccc(N2C(=O)C(=O)/C(=C(/O)c3cccc(OCC)c3)C2c2ccccc2C)c1. The van der Waals surface area contributed by atoms with Crippen LogP contribution in [0.4, 0.5) is 5.69 Å². The molecule has 1 heterocycles. The second kappa shape index (κ2) is 10.5. The Bertz CT molecular complexity index is 1360. The Balaban J connectivity index is 1.92. The van der Waals surface area contributed by atoms with Gasteiger partial charge in [0, 0.05) is 11.3 Å². The van der Waals surface area contributed by atoms with Gasteiger partial charge in [0.25, 0.3) is 11.7 Å². The average molecular weight is 486 g/mol. The van der Waals surface area contributed by atoms with E-state index in [1.807, 2.05) is 38.1 Å². The van der Waals surface area contributed by atoms with Crippen molar-refractivity contribution in [3.8, 4) is 5.75 Å². The maximum Gasteiger partial charge on any atom is 0.338 e. The van der Waals surface area contributed by atoms with E-state index in [-0.39, 0.29) is 23.5 Å². The third-order valence-electron chi connectivity index (χ3n) is 5.98. The summed E-state index contributed by atoms with van der Waals surface area (Å²) >= 11 is 0. The molecule has 4 rings (SSSR count). The van der Waals surface area contributed by atoms with Crippen molar-refractivity contribution in [2.24, 2.45) is 0 Å². The molecule has 0 aromatic heterocycles. The van der Waals surface area contributed by atoms with E-state index >= 15 is 0 Å². The number of aliphatic hydroxyl groups is 1. The van der Waals surface area contributed by atoms with Gasteiger partial charge in [-0.25, -0.2) is 4.79 Å². The lowest BCUT2D eigenvalue weighted by Crippen LogP contribution is -2.30. The van der Waals surface area contributed by atoms with Crippen molar-refractivity contribution < 1.29 is 29.0 Å². The van der Waals surface area contributed by atoms with Crippen LogP contribution in [0.5, 0.6) is 5.75 Å². The van der Waals surface area contributed by atoms with Gasteiger partial charge in [-0.05, 0) is 62.2 Å². The number of amides is 1. The van der Waals surface area contributed by atoms with Crippen molar-refractivity contribution in [3.05, 3.63) is 101 Å². The summed E-state index contributed by atoms with van der Waals surface area (Å²) in [7, 11) is 0. The lowest BCUT2D eigenvalue weighted by Gasteiger charge is -2.27. The van der Waals surface area contributed by atoms with Crippen molar-refractivity contribution in [2.75, 3.05) is 18.1 Å². The predicted octanol–water partition coefficient (Wildman–Crippen LogP) is 5.20. The molecular weight excluding hydrogens is 458 g/mol. The highest BCUT2D eigenvalue weighted by atomic mass is 16.5. The summed E-state index contributed by atoms with van der Waals surface area (Å²) in [5, 5.41) is 11.4. The van der Waals surface area contributed by atoms with Gasteiger partial charge >= 0.3 is 5.97 Å². The molecule has 1 atom stereocenters. The molecule has 1 aliphatic rings. The number of aryl methyl sites for hydroxylation is 1. The summed E-state index contributed by atoms with van der Waals surface area (Å²) in [6.45, 7) is 6.08. The number of esters is 1. The second-order valence-corrected chi connectivity index (χ2v) is 8.26. The van der Waals surface area contributed by atoms with Crippen LogP contribution in [0.1, 0.15) is 46.9 Å². The summed E-state index contributed by atoms with van der Waals surface area (Å²) in [5.41, 5.74) is 2.44. The van der Waals surface area contributed by atoms with E-state index in [2.05, 4.69) is 0 Å². The normalized spacial score (nSPS) is 16.8. The monoisotopic (exact) mass is 485 g/mol. The Kier molecular flexibility index (Phi) is 7.20. The molecule has 3 aromatic rings. The Morgan fingerprint density at radius 2 is 1.64 bits per heavy atom. The van der Waals surface area contributed by atoms with Gasteiger partial charge in [-0.3, -0.25) is 14.5 Å². The zero-order chi connectivity index (χ0) is 25.8. The highest BCUT2D eigenvalue weighted by molar-refractivity contribution is 6.51. The first-order valence-corrected chi connectivity index (χ1v) is 11.7. The molecule has 1 N–H and O–H groups in total. The number of rotatable bonds is 7. The molecule has 0 aliphatic carbocycles. The molecular formula is C29H27NO6. The van der Waals surface area contributed by atoms with Crippen LogP contribution >= 0.6 is 0 Å². The fraction of sp³-hybridized carbons (Fsp3) is 0.207. The number of hydrogen-bond acceptors (Lipinski definition) is 6. The number of carbonyl (C=O) groups is 3. The maximum absolute atomic E-state index is 13.4. The summed E-state index contributed by atoms with van der Waals surface area (Å²) in [6.07, 6.45) is 0. The van der Waals surface area contributed by atoms with Gasteiger partial charge in [-0.1, -0.05) is 42.5 Å². The maximum atomic E-state index is 13.4. The largest absolute Gasteiger partial charge is 0.507 e. The molecule has 0 spiro atoms. The highest BCUT2D eigenvalue weighted by Crippen LogP contribution is 2.43. The van der Waals surface area contributed by atoms with Crippen LogP contribution in [0.25, 0.3) is 5.76 Å². The van der Waals surface area contributed by atoms with E-state index in [1.54, 1.807) is 49.4 Å². The van der Waals surface area contributed by atoms with Crippen LogP contribution in [0.2, 0.25) is 0 Å². The molecule has 7 nitrogen and oxygen atoms in total. The highest BCUT2D eigenvalue weighted by Gasteiger charge is 2.47. The Morgan fingerprint density at radius 3 is 2.36 bits per heavy atom. The van der Waals surface area contributed by atoms with E-state index in [0.717, 1.165) is 5.56 Å². The van der Waals surface area contributed by atoms with Crippen molar-refractivity contribution >= 4 is 29.1 Å². The zero-order valence-electron chi connectivity index (χ0n) is 20.4. The van der Waals surface area contributed by atoms with Crippen LogP contribution in [-0.4, -0.2) is 36.0 Å². The number of aliphatic hydroxyl groups excluding tert-OH is 1. The van der Waals surface area contributed by atoms with Gasteiger partial charge in [0.2, 0.25) is 0 Å².